The van der Waals surface area contributed by atoms with Gasteiger partial charge in [0, 0.05) is 24.2 Å². The summed E-state index contributed by atoms with van der Waals surface area (Å²) >= 11 is 5.76. The molecule has 2 atom stereocenters. The molecule has 1 aliphatic rings. The Labute approximate surface area is 105 Å². The maximum Gasteiger partial charge on any atom is 0.0250 e. The molecule has 3 heteroatoms. The van der Waals surface area contributed by atoms with Gasteiger partial charge < -0.3 is 5.32 Å². The third-order valence-electron chi connectivity index (χ3n) is 3.41. The van der Waals surface area contributed by atoms with Crippen LogP contribution in [0.3, 0.4) is 0 Å². The number of nitrogens with zero attached hydrogens (tertiary/aromatic N) is 1. The van der Waals surface area contributed by atoms with Gasteiger partial charge in [-0.1, -0.05) is 24.9 Å². The van der Waals surface area contributed by atoms with Crippen LogP contribution in [0.25, 0.3) is 0 Å². The molecule has 0 aromatic carbocycles. The molecule has 0 aromatic rings. The molecule has 2 nitrogen and oxygen atoms in total. The van der Waals surface area contributed by atoms with Crippen LogP contribution in [0.5, 0.6) is 0 Å². The highest BCUT2D eigenvalue weighted by Crippen LogP contribution is 2.21. The van der Waals surface area contributed by atoms with Crippen molar-refractivity contribution >= 4 is 11.6 Å². The lowest BCUT2D eigenvalue weighted by Gasteiger charge is -2.39. The smallest absolute Gasteiger partial charge is 0.0250 e. The van der Waals surface area contributed by atoms with Crippen molar-refractivity contribution in [2.24, 2.45) is 0 Å². The molecular weight excluding hydrogens is 220 g/mol. The average Bonchev–Trinajstić information content (AvgIpc) is 2.30. The second-order valence-electron chi connectivity index (χ2n) is 4.84. The van der Waals surface area contributed by atoms with Gasteiger partial charge in [0.1, 0.15) is 0 Å². The average molecular weight is 245 g/mol. The molecule has 16 heavy (non-hydrogen) atoms. The van der Waals surface area contributed by atoms with Crippen LogP contribution in [0.15, 0.2) is 11.1 Å². The zero-order valence-electron chi connectivity index (χ0n) is 10.8. The monoisotopic (exact) mass is 244 g/mol. The summed E-state index contributed by atoms with van der Waals surface area (Å²) in [4.78, 5) is 2.57. The fourth-order valence-electron chi connectivity index (χ4n) is 2.59. The summed E-state index contributed by atoms with van der Waals surface area (Å²) in [7, 11) is 0. The molecule has 0 bridgehead atoms. The lowest BCUT2D eigenvalue weighted by molar-refractivity contribution is 0.131. The van der Waals surface area contributed by atoms with Crippen LogP contribution in [-0.4, -0.2) is 36.6 Å². The minimum absolute atomic E-state index is 0.577. The van der Waals surface area contributed by atoms with Crippen molar-refractivity contribution in [2.45, 2.75) is 52.1 Å². The summed E-state index contributed by atoms with van der Waals surface area (Å²) < 4.78 is 0. The number of likely N-dealkylation sites (N-methyl/N-ethyl adjacent to an activating group) is 1. The number of halogens is 1. The summed E-state index contributed by atoms with van der Waals surface area (Å²) in [5, 5.41) is 3.54. The predicted octanol–water partition coefficient (Wildman–Crippen LogP) is 2.98. The van der Waals surface area contributed by atoms with Gasteiger partial charge >= 0.3 is 0 Å². The van der Waals surface area contributed by atoms with Gasteiger partial charge in [-0.05, 0) is 45.4 Å². The Kier molecular flexibility index (Phi) is 6.40. The Morgan fingerprint density at radius 3 is 2.94 bits per heavy atom. The second kappa shape index (κ2) is 7.31. The molecule has 0 aliphatic carbocycles. The van der Waals surface area contributed by atoms with Crippen molar-refractivity contribution in [3.63, 3.8) is 0 Å². The third-order valence-corrected chi connectivity index (χ3v) is 3.78. The van der Waals surface area contributed by atoms with Crippen LogP contribution in [0.2, 0.25) is 0 Å². The van der Waals surface area contributed by atoms with E-state index in [4.69, 9.17) is 11.6 Å². The largest absolute Gasteiger partial charge is 0.313 e. The van der Waals surface area contributed by atoms with Gasteiger partial charge in [0.15, 0.2) is 0 Å². The molecular formula is C13H25ClN2. The fraction of sp³-hybridized carbons (Fsp3) is 0.846. The molecule has 1 N–H and O–H groups in total. The normalized spacial score (nSPS) is 25.8. The molecule has 0 spiro atoms. The number of hydrogen-bond donors (Lipinski definition) is 1. The SMILES string of the molecule is CCNC(C)C1CCCCN1CC(C)=CCl. The van der Waals surface area contributed by atoms with Crippen LogP contribution >= 0.6 is 11.6 Å². The first-order chi connectivity index (χ1) is 7.69. The number of piperidine rings is 1. The van der Waals surface area contributed by atoms with Crippen LogP contribution in [0.4, 0.5) is 0 Å². The summed E-state index contributed by atoms with van der Waals surface area (Å²) in [5.41, 5.74) is 2.97. The second-order valence-corrected chi connectivity index (χ2v) is 5.05. The van der Waals surface area contributed by atoms with Crippen molar-refractivity contribution in [1.82, 2.24) is 10.2 Å². The van der Waals surface area contributed by atoms with Gasteiger partial charge in [-0.3, -0.25) is 4.90 Å². The van der Waals surface area contributed by atoms with Gasteiger partial charge in [-0.2, -0.15) is 0 Å². The van der Waals surface area contributed by atoms with E-state index in [1.54, 1.807) is 5.54 Å². The minimum Gasteiger partial charge on any atom is -0.313 e. The van der Waals surface area contributed by atoms with Crippen molar-refractivity contribution < 1.29 is 0 Å². The first-order valence-electron chi connectivity index (χ1n) is 6.42. The molecule has 94 valence electrons. The molecule has 1 rings (SSSR count). The van der Waals surface area contributed by atoms with E-state index in [0.29, 0.717) is 12.1 Å². The van der Waals surface area contributed by atoms with E-state index in [-0.39, 0.29) is 0 Å². The van der Waals surface area contributed by atoms with E-state index >= 15 is 0 Å². The van der Waals surface area contributed by atoms with Crippen molar-refractivity contribution in [2.75, 3.05) is 19.6 Å². The Morgan fingerprint density at radius 2 is 2.31 bits per heavy atom. The molecule has 0 saturated carbocycles. The molecule has 1 heterocycles. The zero-order chi connectivity index (χ0) is 12.0. The molecule has 1 aliphatic heterocycles. The highest BCUT2D eigenvalue weighted by atomic mass is 35.5. The van der Waals surface area contributed by atoms with E-state index in [1.165, 1.54) is 31.4 Å². The number of nitrogens with one attached hydrogen (secondary N) is 1. The summed E-state index contributed by atoms with van der Waals surface area (Å²) in [5.74, 6) is 0. The first-order valence-corrected chi connectivity index (χ1v) is 6.86. The number of rotatable bonds is 5. The number of hydrogen-bond acceptors (Lipinski definition) is 2. The highest BCUT2D eigenvalue weighted by molar-refractivity contribution is 6.25. The standard InChI is InChI=1S/C13H25ClN2/c1-4-15-12(3)13-7-5-6-8-16(13)10-11(2)9-14/h9,12-13,15H,4-8,10H2,1-3H3. The minimum atomic E-state index is 0.577. The van der Waals surface area contributed by atoms with Gasteiger partial charge in [-0.15, -0.1) is 0 Å². The Hall–Kier alpha value is -0.0500. The Morgan fingerprint density at radius 1 is 1.56 bits per heavy atom. The van der Waals surface area contributed by atoms with Gasteiger partial charge in [-0.25, -0.2) is 0 Å². The van der Waals surface area contributed by atoms with E-state index in [1.807, 2.05) is 0 Å². The summed E-state index contributed by atoms with van der Waals surface area (Å²) in [6.07, 6.45) is 4.00. The fourth-order valence-corrected chi connectivity index (χ4v) is 2.66. The van der Waals surface area contributed by atoms with E-state index in [9.17, 15) is 0 Å². The van der Waals surface area contributed by atoms with Gasteiger partial charge in [0.05, 0.1) is 0 Å². The Bertz CT molecular complexity index is 228. The first kappa shape index (κ1) is 14.0. The quantitative estimate of drug-likeness (QED) is 0.800. The van der Waals surface area contributed by atoms with Crippen LogP contribution in [0.1, 0.15) is 40.0 Å². The zero-order valence-corrected chi connectivity index (χ0v) is 11.6. The molecule has 1 fully saturated rings. The summed E-state index contributed by atoms with van der Waals surface area (Å²) in [6.45, 7) is 9.86. The number of likely N-dealkylation sites (tertiary alicyclic amines) is 1. The van der Waals surface area contributed by atoms with Crippen molar-refractivity contribution in [3.8, 4) is 0 Å². The van der Waals surface area contributed by atoms with E-state index in [0.717, 1.165) is 13.1 Å². The van der Waals surface area contributed by atoms with Crippen LogP contribution in [0, 0.1) is 0 Å². The third kappa shape index (κ3) is 4.08. The maximum atomic E-state index is 5.76. The molecule has 2 unspecified atom stereocenters. The topological polar surface area (TPSA) is 15.3 Å². The predicted molar refractivity (Wildman–Crippen MR) is 72.0 cm³/mol. The maximum absolute atomic E-state index is 5.76. The van der Waals surface area contributed by atoms with Crippen molar-refractivity contribution in [3.05, 3.63) is 11.1 Å². The summed E-state index contributed by atoms with van der Waals surface area (Å²) in [6, 6.07) is 1.24. The van der Waals surface area contributed by atoms with Crippen molar-refractivity contribution in [1.29, 1.82) is 0 Å². The van der Waals surface area contributed by atoms with Gasteiger partial charge in [0.25, 0.3) is 0 Å². The van der Waals surface area contributed by atoms with E-state index < -0.39 is 0 Å². The molecule has 1 saturated heterocycles. The highest BCUT2D eigenvalue weighted by Gasteiger charge is 2.26. The lowest BCUT2D eigenvalue weighted by Crippen LogP contribution is -2.51. The molecule has 0 radical (unpaired) electrons. The molecule has 0 amide bonds. The van der Waals surface area contributed by atoms with Crippen LogP contribution < -0.4 is 5.32 Å². The lowest BCUT2D eigenvalue weighted by atomic mass is 9.96. The Balaban J connectivity index is 2.56. The van der Waals surface area contributed by atoms with E-state index in [2.05, 4.69) is 31.0 Å². The van der Waals surface area contributed by atoms with Gasteiger partial charge in [0.2, 0.25) is 0 Å². The van der Waals surface area contributed by atoms with Crippen LogP contribution in [-0.2, 0) is 0 Å². The molecule has 0 aromatic heterocycles.